The molecule has 0 fully saturated rings. The van der Waals surface area contributed by atoms with Gasteiger partial charge in [0.15, 0.2) is 5.54 Å². The van der Waals surface area contributed by atoms with Crippen LogP contribution in [0.25, 0.3) is 11.0 Å². The Morgan fingerprint density at radius 1 is 1.09 bits per heavy atom. The van der Waals surface area contributed by atoms with E-state index in [1.165, 1.54) is 23.7 Å². The molecule has 0 spiro atoms. The fraction of sp³-hybridized carbons (Fsp3) is 0.375. The predicted molar refractivity (Wildman–Crippen MR) is 141 cm³/mol. The van der Waals surface area contributed by atoms with Crippen molar-refractivity contribution in [2.24, 2.45) is 12.8 Å². The Morgan fingerprint density at radius 2 is 1.74 bits per heavy atom. The van der Waals surface area contributed by atoms with Crippen molar-refractivity contribution in [3.05, 3.63) is 45.4 Å². The molecule has 9 nitrogen and oxygen atoms in total. The number of hydrogen-bond acceptors (Lipinski definition) is 6. The number of nitrogens with zero attached hydrogens (tertiary/aromatic N) is 2. The Kier molecular flexibility index (Phi) is 9.92. The molecule has 236 valence electrons. The average molecular weight is 665 g/mol. The first-order chi connectivity index (χ1) is 19.7. The van der Waals surface area contributed by atoms with Crippen molar-refractivity contribution in [2.45, 2.75) is 37.8 Å². The van der Waals surface area contributed by atoms with Crippen molar-refractivity contribution in [3.8, 4) is 5.75 Å². The number of nitrogens with one attached hydrogen (secondary N) is 3. The minimum absolute atomic E-state index is 0.00265. The molecule has 1 atom stereocenters. The highest BCUT2D eigenvalue weighted by molar-refractivity contribution is 6.39. The minimum atomic E-state index is -5.03. The molecule has 43 heavy (non-hydrogen) atoms. The van der Waals surface area contributed by atoms with E-state index in [2.05, 4.69) is 15.6 Å². The summed E-state index contributed by atoms with van der Waals surface area (Å²) in [7, 11) is 1.45. The third-order valence-electron chi connectivity index (χ3n) is 5.95. The molecule has 2 amide bonds. The van der Waals surface area contributed by atoms with Gasteiger partial charge in [-0.2, -0.15) is 26.3 Å². The predicted octanol–water partition coefficient (Wildman–Crippen LogP) is 5.46. The summed E-state index contributed by atoms with van der Waals surface area (Å²) in [6.45, 7) is -2.83. The Hall–Kier alpha value is -3.57. The molecule has 3 aromatic rings. The third kappa shape index (κ3) is 7.88. The van der Waals surface area contributed by atoms with Crippen molar-refractivity contribution in [2.75, 3.05) is 18.5 Å². The van der Waals surface area contributed by atoms with Crippen LogP contribution in [0.1, 0.15) is 22.8 Å². The van der Waals surface area contributed by atoms with Crippen LogP contribution < -0.4 is 26.4 Å². The molecule has 2 aromatic carbocycles. The molecule has 0 aliphatic carbocycles. The highest BCUT2D eigenvalue weighted by Crippen LogP contribution is 2.37. The normalized spacial score (nSPS) is 13.6. The zero-order valence-corrected chi connectivity index (χ0v) is 23.5. The van der Waals surface area contributed by atoms with Crippen LogP contribution in [0, 0.1) is 0 Å². The van der Waals surface area contributed by atoms with E-state index in [0.29, 0.717) is 6.92 Å². The molecule has 1 heterocycles. The number of imidazole rings is 1. The zero-order chi connectivity index (χ0) is 32.5. The average Bonchev–Trinajstić information content (AvgIpc) is 3.20. The van der Waals surface area contributed by atoms with Gasteiger partial charge in [0.05, 0.1) is 32.3 Å². The highest BCUT2D eigenvalue weighted by atomic mass is 35.5. The van der Waals surface area contributed by atoms with Crippen LogP contribution in [0.3, 0.4) is 0 Å². The second-order valence-corrected chi connectivity index (χ2v) is 10.0. The summed E-state index contributed by atoms with van der Waals surface area (Å²) in [6, 6.07) is 4.82. The van der Waals surface area contributed by atoms with Gasteiger partial charge in [-0.15, -0.1) is 0 Å². The summed E-state index contributed by atoms with van der Waals surface area (Å²) in [5, 5.41) is 6.38. The summed E-state index contributed by atoms with van der Waals surface area (Å²) >= 11 is 12.7. The Morgan fingerprint density at radius 3 is 2.33 bits per heavy atom. The molecule has 0 saturated heterocycles. The lowest BCUT2D eigenvalue weighted by Gasteiger charge is -2.26. The number of fused-ring (bicyclic) bond motifs is 1. The fourth-order valence-corrected chi connectivity index (χ4v) is 4.03. The Labute approximate surface area is 247 Å². The van der Waals surface area contributed by atoms with E-state index in [1.54, 1.807) is 5.32 Å². The lowest BCUT2D eigenvalue weighted by Crippen LogP contribution is -2.61. The number of rotatable bonds is 10. The third-order valence-corrected chi connectivity index (χ3v) is 6.70. The summed E-state index contributed by atoms with van der Waals surface area (Å²) in [6.07, 6.45) is -12.7. The SMILES string of the molecule is Cn1c(Nc2c(Cl)ccc(CNC(=O)C(C)(N)C(F)(F)F)c2Cl)nc2cc(C(=O)NCC(F)(F)F)c(OCC(F)F)cc21. The summed E-state index contributed by atoms with van der Waals surface area (Å²) in [5.74, 6) is -3.24. The molecule has 1 aromatic heterocycles. The summed E-state index contributed by atoms with van der Waals surface area (Å²) in [5.41, 5.74) is 1.78. The van der Waals surface area contributed by atoms with Crippen LogP contribution in [0.5, 0.6) is 5.75 Å². The number of alkyl halides is 8. The molecule has 0 aliphatic rings. The number of halogens is 10. The minimum Gasteiger partial charge on any atom is -0.487 e. The van der Waals surface area contributed by atoms with Crippen molar-refractivity contribution < 1.29 is 49.4 Å². The van der Waals surface area contributed by atoms with Gasteiger partial charge >= 0.3 is 12.4 Å². The maximum absolute atomic E-state index is 13.1. The molecule has 0 bridgehead atoms. The first kappa shape index (κ1) is 33.9. The van der Waals surface area contributed by atoms with Crippen LogP contribution in [0.15, 0.2) is 24.3 Å². The Bertz CT molecular complexity index is 1530. The summed E-state index contributed by atoms with van der Waals surface area (Å²) < 4.78 is 109. The molecule has 3 rings (SSSR count). The van der Waals surface area contributed by atoms with E-state index in [1.807, 2.05) is 0 Å². The van der Waals surface area contributed by atoms with Gasteiger partial charge in [0.1, 0.15) is 18.9 Å². The Balaban J connectivity index is 1.95. The first-order valence-electron chi connectivity index (χ1n) is 11.9. The maximum Gasteiger partial charge on any atom is 0.415 e. The number of hydrogen-bond donors (Lipinski definition) is 4. The number of aryl methyl sites for hydroxylation is 1. The largest absolute Gasteiger partial charge is 0.487 e. The number of carbonyl (C=O) groups is 2. The van der Waals surface area contributed by atoms with E-state index >= 15 is 0 Å². The lowest BCUT2D eigenvalue weighted by molar-refractivity contribution is -0.187. The van der Waals surface area contributed by atoms with Crippen LogP contribution in [-0.4, -0.2) is 58.8 Å². The van der Waals surface area contributed by atoms with Crippen molar-refractivity contribution in [1.29, 1.82) is 0 Å². The van der Waals surface area contributed by atoms with Gasteiger partial charge in [-0.1, -0.05) is 29.3 Å². The molecular weight excluding hydrogens is 643 g/mol. The number of anilines is 2. The van der Waals surface area contributed by atoms with E-state index in [0.717, 1.165) is 12.1 Å². The first-order valence-corrected chi connectivity index (χ1v) is 12.6. The molecule has 0 saturated carbocycles. The van der Waals surface area contributed by atoms with Crippen molar-refractivity contribution in [3.63, 3.8) is 0 Å². The number of carbonyl (C=O) groups excluding carboxylic acids is 2. The van der Waals surface area contributed by atoms with Gasteiger partial charge in [0.25, 0.3) is 12.3 Å². The molecule has 0 aliphatic heterocycles. The number of aromatic nitrogens is 2. The van der Waals surface area contributed by atoms with E-state index in [9.17, 15) is 44.7 Å². The van der Waals surface area contributed by atoms with Gasteiger partial charge in [0.2, 0.25) is 11.9 Å². The molecular formula is C24H22Cl2F8N6O3. The highest BCUT2D eigenvalue weighted by Gasteiger charge is 2.53. The van der Waals surface area contributed by atoms with Crippen LogP contribution >= 0.6 is 23.2 Å². The number of ether oxygens (including phenoxy) is 1. The van der Waals surface area contributed by atoms with Crippen LogP contribution in [0.4, 0.5) is 46.8 Å². The zero-order valence-electron chi connectivity index (χ0n) is 22.0. The van der Waals surface area contributed by atoms with Crippen molar-refractivity contribution >= 4 is 57.7 Å². The fourth-order valence-electron chi connectivity index (χ4n) is 3.50. The second kappa shape index (κ2) is 12.6. The monoisotopic (exact) mass is 664 g/mol. The van der Waals surface area contributed by atoms with E-state index < -0.39 is 67.1 Å². The van der Waals surface area contributed by atoms with Crippen LogP contribution in [-0.2, 0) is 18.4 Å². The standard InChI is InChI=1S/C24H22Cl2F8N6O3/c1-22(35,24(32,33)34)20(42)36-7-10-3-4-12(25)18(17(10)26)39-21-38-13-5-11(19(41)37-9-23(29,30)31)15(43-8-16(27)28)6-14(13)40(21)2/h3-6,16H,7-9,35H2,1-2H3,(H,36,42)(H,37,41)(H,38,39). The second-order valence-electron chi connectivity index (χ2n) is 9.23. The smallest absolute Gasteiger partial charge is 0.415 e. The number of benzene rings is 2. The topological polar surface area (TPSA) is 123 Å². The molecule has 5 N–H and O–H groups in total. The number of nitrogens with two attached hydrogens (primary N) is 1. The number of amides is 2. The van der Waals surface area contributed by atoms with Crippen LogP contribution in [0.2, 0.25) is 10.0 Å². The molecule has 19 heteroatoms. The van der Waals surface area contributed by atoms with Gasteiger partial charge in [0, 0.05) is 19.7 Å². The summed E-state index contributed by atoms with van der Waals surface area (Å²) in [4.78, 5) is 28.8. The maximum atomic E-state index is 13.1. The quantitative estimate of drug-likeness (QED) is 0.214. The van der Waals surface area contributed by atoms with Gasteiger partial charge in [-0.05, 0) is 24.6 Å². The van der Waals surface area contributed by atoms with Gasteiger partial charge < -0.3 is 31.0 Å². The lowest BCUT2D eigenvalue weighted by atomic mass is 10.0. The van der Waals surface area contributed by atoms with E-state index in [4.69, 9.17) is 33.7 Å². The van der Waals surface area contributed by atoms with Gasteiger partial charge in [-0.25, -0.2) is 13.8 Å². The molecule has 1 unspecified atom stereocenters. The molecule has 0 radical (unpaired) electrons. The van der Waals surface area contributed by atoms with Crippen molar-refractivity contribution in [1.82, 2.24) is 20.2 Å². The van der Waals surface area contributed by atoms with Gasteiger partial charge in [-0.3, -0.25) is 9.59 Å². The van der Waals surface area contributed by atoms with E-state index in [-0.39, 0.29) is 38.3 Å².